The van der Waals surface area contributed by atoms with Gasteiger partial charge in [-0.05, 0) is 0 Å². The zero-order valence-corrected chi connectivity index (χ0v) is 26.0. The summed E-state index contributed by atoms with van der Waals surface area (Å²) < 4.78 is 0. The third kappa shape index (κ3) is 1.96. The molecule has 7 rings (SSSR count). The Hall–Kier alpha value is 1.30. The van der Waals surface area contributed by atoms with Gasteiger partial charge in [0.1, 0.15) is 0 Å². The highest BCUT2D eigenvalue weighted by molar-refractivity contribution is 8.14. The van der Waals surface area contributed by atoms with Crippen LogP contribution < -0.4 is 0 Å². The molecule has 0 saturated carbocycles. The number of hydrogen-bond acceptors (Lipinski definition) is 0. The molecule has 0 aromatic carbocycles. The van der Waals surface area contributed by atoms with Crippen LogP contribution in [0.4, 0.5) is 0 Å². The van der Waals surface area contributed by atoms with Crippen molar-refractivity contribution in [1.82, 2.24) is 0 Å². The van der Waals surface area contributed by atoms with Gasteiger partial charge in [-0.25, -0.2) is 0 Å². The topological polar surface area (TPSA) is 0 Å². The van der Waals surface area contributed by atoms with Crippen LogP contribution >= 0.6 is 0 Å². The van der Waals surface area contributed by atoms with Gasteiger partial charge < -0.3 is 0 Å². The molecule has 6 heteroatoms. The summed E-state index contributed by atoms with van der Waals surface area (Å²) in [6, 6.07) is 24.2. The summed E-state index contributed by atoms with van der Waals surface area (Å²) in [4.78, 5) is 0. The first-order valence-electron chi connectivity index (χ1n) is 14.7. The largest absolute Gasteiger partial charge is 0.0612 e. The number of rotatable bonds is 0. The second-order valence-electron chi connectivity index (χ2n) is 13.7. The fourth-order valence-electron chi connectivity index (χ4n) is 14.4. The Balaban J connectivity index is 1.58. The van der Waals surface area contributed by atoms with Gasteiger partial charge in [-0.15, -0.1) is 0 Å². The average Bonchev–Trinajstić information content (AvgIpc) is 3.62. The molecule has 0 bridgehead atoms. The molecule has 30 heavy (non-hydrogen) atoms. The molecular weight excluding hydrogens is 457 g/mol. The normalized spacial score (nSPS) is 38.4. The number of fused-ring (bicyclic) bond motifs is 6. The van der Waals surface area contributed by atoms with Crippen molar-refractivity contribution in [1.29, 1.82) is 0 Å². The molecule has 0 nitrogen and oxygen atoms in total. The molecule has 0 atom stereocenters. The Morgan fingerprint density at radius 3 is 0.367 bits per heavy atom. The van der Waals surface area contributed by atoms with Crippen LogP contribution in [0.15, 0.2) is 0 Å². The van der Waals surface area contributed by atoms with E-state index in [2.05, 4.69) is 0 Å². The van der Waals surface area contributed by atoms with E-state index in [-0.39, 0.29) is 0 Å². The Morgan fingerprint density at radius 2 is 0.267 bits per heavy atom. The molecule has 0 aliphatic carbocycles. The minimum absolute atomic E-state index is 0.886. The Morgan fingerprint density at radius 1 is 0.167 bits per heavy atom. The van der Waals surface area contributed by atoms with E-state index in [4.69, 9.17) is 0 Å². The van der Waals surface area contributed by atoms with E-state index in [0.29, 0.717) is 0 Å². The first-order valence-corrected chi connectivity index (χ1v) is 35.2. The van der Waals surface area contributed by atoms with Gasteiger partial charge >= 0.3 is 0 Å². The third-order valence-corrected chi connectivity index (χ3v) is 156. The van der Waals surface area contributed by atoms with Crippen LogP contribution in [0.2, 0.25) is 72.5 Å². The average molecular weight is 505 g/mol. The lowest BCUT2D eigenvalue weighted by molar-refractivity contribution is 0.935. The maximum Gasteiger partial charge on any atom is 0.0377 e. The van der Waals surface area contributed by atoms with Crippen LogP contribution in [-0.4, -0.2) is 42.7 Å². The predicted octanol–water partition coefficient (Wildman–Crippen LogP) is 7.93. The van der Waals surface area contributed by atoms with Gasteiger partial charge in [0.05, 0.1) is 0 Å². The zero-order chi connectivity index (χ0) is 20.0. The first-order chi connectivity index (χ1) is 14.7. The molecule has 0 aromatic heterocycles. The summed E-state index contributed by atoms with van der Waals surface area (Å²) >= 11 is 0. The Bertz CT molecular complexity index is 503. The van der Waals surface area contributed by atoms with Crippen molar-refractivity contribution >= 4 is 42.7 Å². The summed E-state index contributed by atoms with van der Waals surface area (Å²) in [5.74, 6) is 0. The van der Waals surface area contributed by atoms with Crippen molar-refractivity contribution in [2.45, 2.75) is 150 Å². The van der Waals surface area contributed by atoms with Crippen molar-refractivity contribution in [2.24, 2.45) is 0 Å². The molecule has 7 aliphatic heterocycles. The van der Waals surface area contributed by atoms with Crippen molar-refractivity contribution in [3.05, 3.63) is 0 Å². The summed E-state index contributed by atoms with van der Waals surface area (Å²) in [6.07, 6.45) is 21.3. The van der Waals surface area contributed by atoms with E-state index in [1.165, 1.54) is 0 Å². The van der Waals surface area contributed by atoms with Crippen molar-refractivity contribution in [3.8, 4) is 0 Å². The smallest absolute Gasteiger partial charge is 0.0377 e. The standard InChI is InChI=1S/C24H48Si6/c1-2-14-25(13-1)26(15-3-4-16-26)28(19-7-8-20-28)30(23-11-12-24-30)29(21-9-10-22-29)27(25)17-5-6-18-27/h1-24H2. The van der Waals surface area contributed by atoms with E-state index >= 15 is 0 Å². The van der Waals surface area contributed by atoms with Gasteiger partial charge in [0.15, 0.2) is 0 Å². The fourth-order valence-corrected chi connectivity index (χ4v) is 281. The first kappa shape index (κ1) is 20.7. The van der Waals surface area contributed by atoms with Crippen LogP contribution in [0, 0.1) is 0 Å². The summed E-state index contributed by atoms with van der Waals surface area (Å²) in [7, 11) is -5.32. The van der Waals surface area contributed by atoms with Gasteiger partial charge in [0.25, 0.3) is 0 Å². The van der Waals surface area contributed by atoms with Crippen molar-refractivity contribution in [3.63, 3.8) is 0 Å². The van der Waals surface area contributed by atoms with Gasteiger partial charge in [-0.3, -0.25) is 0 Å². The molecule has 0 unspecified atom stereocenters. The monoisotopic (exact) mass is 504 g/mol. The van der Waals surface area contributed by atoms with E-state index in [1.54, 1.807) is 77.0 Å². The minimum Gasteiger partial charge on any atom is -0.0612 e. The molecule has 0 radical (unpaired) electrons. The maximum atomic E-state index is 2.01. The van der Waals surface area contributed by atoms with E-state index in [9.17, 15) is 0 Å². The summed E-state index contributed by atoms with van der Waals surface area (Å²) in [5, 5.41) is 0. The highest BCUT2D eigenvalue weighted by Crippen LogP contribution is 2.72. The van der Waals surface area contributed by atoms with Crippen LogP contribution in [0.25, 0.3) is 0 Å². The molecule has 0 aromatic rings. The van der Waals surface area contributed by atoms with E-state index in [0.717, 1.165) is 0 Å². The molecule has 0 N–H and O–H groups in total. The van der Waals surface area contributed by atoms with E-state index in [1.807, 2.05) is 72.5 Å². The van der Waals surface area contributed by atoms with Crippen LogP contribution in [0.5, 0.6) is 0 Å². The third-order valence-electron chi connectivity index (χ3n) is 14.2. The Labute approximate surface area is 191 Å². The van der Waals surface area contributed by atoms with E-state index < -0.39 is 42.7 Å². The van der Waals surface area contributed by atoms with Gasteiger partial charge in [0, 0.05) is 42.7 Å². The lowest BCUT2D eigenvalue weighted by Crippen LogP contribution is -3.04. The second-order valence-corrected chi connectivity index (χ2v) is 76.2. The van der Waals surface area contributed by atoms with Gasteiger partial charge in [-0.2, -0.15) is 0 Å². The predicted molar refractivity (Wildman–Crippen MR) is 148 cm³/mol. The molecule has 7 fully saturated rings. The number of hydrogen-bond donors (Lipinski definition) is 0. The minimum atomic E-state index is -0.886. The maximum absolute atomic E-state index is 2.01. The molecule has 6 spiro atoms. The van der Waals surface area contributed by atoms with Crippen molar-refractivity contribution in [2.75, 3.05) is 0 Å². The van der Waals surface area contributed by atoms with Gasteiger partial charge in [0.2, 0.25) is 0 Å². The summed E-state index contributed by atoms with van der Waals surface area (Å²) in [6.45, 7) is 0. The van der Waals surface area contributed by atoms with Crippen LogP contribution in [-0.2, 0) is 0 Å². The molecule has 7 saturated heterocycles. The quantitative estimate of drug-likeness (QED) is 0.294. The zero-order valence-electron chi connectivity index (χ0n) is 20.0. The van der Waals surface area contributed by atoms with Crippen molar-refractivity contribution < 1.29 is 0 Å². The lowest BCUT2D eigenvalue weighted by Gasteiger charge is -2.78. The molecular formula is C24H48Si6. The highest BCUT2D eigenvalue weighted by Gasteiger charge is 2.89. The SMILES string of the molecule is C1CC[Si]2(C1)[Si]1(CCCC1)[Si]1(CCCC1)[Si]1(CCCC1)[Si]1(CCCC1)[Si]21CCCC1. The second kappa shape index (κ2) is 6.92. The lowest BCUT2D eigenvalue weighted by atomic mass is 10.4. The Kier molecular flexibility index (Phi) is 4.77. The van der Waals surface area contributed by atoms with Crippen LogP contribution in [0.3, 0.4) is 0 Å². The van der Waals surface area contributed by atoms with Crippen LogP contribution in [0.1, 0.15) is 77.0 Å². The fraction of sp³-hybridized carbons (Fsp3) is 1.00. The summed E-state index contributed by atoms with van der Waals surface area (Å²) in [5.41, 5.74) is 0. The molecule has 7 aliphatic rings. The van der Waals surface area contributed by atoms with Gasteiger partial charge in [-0.1, -0.05) is 150 Å². The molecule has 7 heterocycles. The highest BCUT2D eigenvalue weighted by atomic mass is 30.2. The molecule has 0 amide bonds. The molecule has 168 valence electrons.